The molecule has 5 nitrogen and oxygen atoms in total. The van der Waals surface area contributed by atoms with Crippen molar-refractivity contribution in [3.05, 3.63) is 59.4 Å². The van der Waals surface area contributed by atoms with Crippen LogP contribution in [0, 0.1) is 6.92 Å². The van der Waals surface area contributed by atoms with Crippen LogP contribution in [0.5, 0.6) is 0 Å². The third-order valence-electron chi connectivity index (χ3n) is 4.23. The Morgan fingerprint density at radius 3 is 2.52 bits per heavy atom. The van der Waals surface area contributed by atoms with E-state index in [9.17, 15) is 4.79 Å². The molecule has 2 heterocycles. The molecule has 0 spiro atoms. The normalized spacial score (nSPS) is 11.0. The number of fused-ring (bicyclic) bond motifs is 1. The first-order chi connectivity index (χ1) is 12.0. The highest BCUT2D eigenvalue weighted by Crippen LogP contribution is 2.26. The van der Waals surface area contributed by atoms with Gasteiger partial charge in [0.15, 0.2) is 0 Å². The van der Waals surface area contributed by atoms with E-state index in [4.69, 9.17) is 9.72 Å². The molecule has 0 fully saturated rings. The molecule has 0 saturated heterocycles. The maximum absolute atomic E-state index is 12.4. The third-order valence-corrected chi connectivity index (χ3v) is 4.23. The van der Waals surface area contributed by atoms with Crippen molar-refractivity contribution >= 4 is 11.6 Å². The van der Waals surface area contributed by atoms with Gasteiger partial charge in [-0.1, -0.05) is 35.9 Å². The summed E-state index contributed by atoms with van der Waals surface area (Å²) < 4.78 is 7.24. The van der Waals surface area contributed by atoms with Crippen molar-refractivity contribution < 1.29 is 9.53 Å². The van der Waals surface area contributed by atoms with E-state index < -0.39 is 0 Å². The number of rotatable bonds is 5. The quantitative estimate of drug-likeness (QED) is 0.719. The minimum atomic E-state index is 0.0484. The summed E-state index contributed by atoms with van der Waals surface area (Å²) in [5.74, 6) is 0.0484. The first kappa shape index (κ1) is 17.2. The van der Waals surface area contributed by atoms with Crippen molar-refractivity contribution in [1.82, 2.24) is 14.3 Å². The Morgan fingerprint density at radius 1 is 1.16 bits per heavy atom. The number of aryl methyl sites for hydroxylation is 1. The van der Waals surface area contributed by atoms with E-state index >= 15 is 0 Å². The minimum absolute atomic E-state index is 0.0484. The van der Waals surface area contributed by atoms with Gasteiger partial charge >= 0.3 is 0 Å². The fraction of sp³-hybridized carbons (Fsp3) is 0.300. The second kappa shape index (κ2) is 7.07. The van der Waals surface area contributed by atoms with Crippen LogP contribution in [0.2, 0.25) is 0 Å². The van der Waals surface area contributed by atoms with Crippen LogP contribution in [0.15, 0.2) is 42.6 Å². The Labute approximate surface area is 147 Å². The van der Waals surface area contributed by atoms with Crippen molar-refractivity contribution in [2.75, 3.05) is 21.2 Å². The second-order valence-electron chi connectivity index (χ2n) is 6.44. The van der Waals surface area contributed by atoms with Gasteiger partial charge in [0.1, 0.15) is 5.65 Å². The zero-order valence-electron chi connectivity index (χ0n) is 15.1. The number of hydrogen-bond acceptors (Lipinski definition) is 3. The molecule has 1 amide bonds. The number of aromatic nitrogens is 2. The predicted molar refractivity (Wildman–Crippen MR) is 98.5 cm³/mol. The van der Waals surface area contributed by atoms with Gasteiger partial charge in [-0.15, -0.1) is 0 Å². The van der Waals surface area contributed by atoms with E-state index in [1.54, 1.807) is 26.1 Å². The van der Waals surface area contributed by atoms with Crippen LogP contribution >= 0.6 is 0 Å². The molecule has 0 atom stereocenters. The summed E-state index contributed by atoms with van der Waals surface area (Å²) >= 11 is 0. The largest absolute Gasteiger partial charge is 0.380 e. The van der Waals surface area contributed by atoms with E-state index in [1.165, 1.54) is 5.56 Å². The highest BCUT2D eigenvalue weighted by Gasteiger charge is 2.18. The molecule has 130 valence electrons. The molecule has 2 aromatic heterocycles. The van der Waals surface area contributed by atoms with Crippen LogP contribution in [-0.2, 0) is 22.6 Å². The molecule has 0 aliphatic rings. The number of amides is 1. The summed E-state index contributed by atoms with van der Waals surface area (Å²) in [5.41, 5.74) is 5.84. The summed E-state index contributed by atoms with van der Waals surface area (Å²) in [5, 5.41) is 0. The van der Waals surface area contributed by atoms with Crippen LogP contribution in [0.1, 0.15) is 16.8 Å². The van der Waals surface area contributed by atoms with E-state index in [0.717, 1.165) is 28.2 Å². The van der Waals surface area contributed by atoms with Crippen LogP contribution in [0.4, 0.5) is 0 Å². The number of likely N-dealkylation sites (N-methyl/N-ethyl adjacent to an activating group) is 1. The Balaban J connectivity index is 2.16. The molecule has 0 saturated carbocycles. The Hall–Kier alpha value is -2.66. The molecule has 0 N–H and O–H groups in total. The lowest BCUT2D eigenvalue weighted by Gasteiger charge is -2.12. The van der Waals surface area contributed by atoms with Gasteiger partial charge in [0, 0.05) is 33.0 Å². The number of imidazole rings is 1. The monoisotopic (exact) mass is 337 g/mol. The Kier molecular flexibility index (Phi) is 4.86. The molecule has 0 aliphatic heterocycles. The number of hydrogen-bond donors (Lipinski definition) is 0. The molecule has 0 radical (unpaired) electrons. The standard InChI is InChI=1S/C20H23N3O2/c1-14-5-8-16(9-6-14)20-17(11-19(24)22(2)3)23-12-15(13-25-4)7-10-18(23)21-20/h5-10,12H,11,13H2,1-4H3. The van der Waals surface area contributed by atoms with Crippen molar-refractivity contribution in [3.8, 4) is 11.3 Å². The lowest BCUT2D eigenvalue weighted by Crippen LogP contribution is -2.24. The van der Waals surface area contributed by atoms with Gasteiger partial charge in [-0.05, 0) is 18.6 Å². The second-order valence-corrected chi connectivity index (χ2v) is 6.44. The Morgan fingerprint density at radius 2 is 1.88 bits per heavy atom. The van der Waals surface area contributed by atoms with Gasteiger partial charge in [-0.25, -0.2) is 4.98 Å². The van der Waals surface area contributed by atoms with Gasteiger partial charge in [0.25, 0.3) is 0 Å². The SMILES string of the molecule is COCc1ccc2nc(-c3ccc(C)cc3)c(CC(=O)N(C)C)n2c1. The number of nitrogens with zero attached hydrogens (tertiary/aromatic N) is 3. The lowest BCUT2D eigenvalue weighted by atomic mass is 10.1. The molecule has 25 heavy (non-hydrogen) atoms. The number of carbonyl (C=O) groups excluding carboxylic acids is 1. The fourth-order valence-electron chi connectivity index (χ4n) is 2.80. The van der Waals surface area contributed by atoms with E-state index in [1.807, 2.05) is 22.7 Å². The first-order valence-electron chi connectivity index (χ1n) is 8.25. The van der Waals surface area contributed by atoms with Crippen LogP contribution in [0.3, 0.4) is 0 Å². The number of ether oxygens (including phenoxy) is 1. The number of benzene rings is 1. The smallest absolute Gasteiger partial charge is 0.228 e. The van der Waals surface area contributed by atoms with Crippen LogP contribution in [-0.4, -0.2) is 41.4 Å². The third kappa shape index (κ3) is 3.56. The maximum Gasteiger partial charge on any atom is 0.228 e. The predicted octanol–water partition coefficient (Wildman–Crippen LogP) is 3.09. The summed E-state index contributed by atoms with van der Waals surface area (Å²) in [7, 11) is 5.22. The zero-order valence-corrected chi connectivity index (χ0v) is 15.1. The van der Waals surface area contributed by atoms with Crippen molar-refractivity contribution in [2.24, 2.45) is 0 Å². The van der Waals surface area contributed by atoms with Crippen LogP contribution < -0.4 is 0 Å². The summed E-state index contributed by atoms with van der Waals surface area (Å²) in [6, 6.07) is 12.2. The van der Waals surface area contributed by atoms with Crippen LogP contribution in [0.25, 0.3) is 16.9 Å². The first-order valence-corrected chi connectivity index (χ1v) is 8.25. The van der Waals surface area contributed by atoms with Crippen molar-refractivity contribution in [3.63, 3.8) is 0 Å². The highest BCUT2D eigenvalue weighted by molar-refractivity contribution is 5.81. The molecule has 0 aliphatic carbocycles. The summed E-state index contributed by atoms with van der Waals surface area (Å²) in [4.78, 5) is 18.7. The molecule has 0 bridgehead atoms. The molecule has 3 aromatic rings. The van der Waals surface area contributed by atoms with Gasteiger partial charge in [0.2, 0.25) is 5.91 Å². The lowest BCUT2D eigenvalue weighted by molar-refractivity contribution is -0.128. The molecule has 5 heteroatoms. The van der Waals surface area contributed by atoms with Crippen molar-refractivity contribution in [1.29, 1.82) is 0 Å². The van der Waals surface area contributed by atoms with E-state index in [0.29, 0.717) is 13.0 Å². The molecular formula is C20H23N3O2. The van der Waals surface area contributed by atoms with Gasteiger partial charge in [-0.3, -0.25) is 4.79 Å². The molecule has 3 rings (SSSR count). The fourth-order valence-corrected chi connectivity index (χ4v) is 2.80. The summed E-state index contributed by atoms with van der Waals surface area (Å²) in [6.07, 6.45) is 2.30. The van der Waals surface area contributed by atoms with Gasteiger partial charge in [-0.2, -0.15) is 0 Å². The van der Waals surface area contributed by atoms with E-state index in [-0.39, 0.29) is 5.91 Å². The van der Waals surface area contributed by atoms with Gasteiger partial charge < -0.3 is 14.0 Å². The summed E-state index contributed by atoms with van der Waals surface area (Å²) in [6.45, 7) is 2.58. The average molecular weight is 337 g/mol. The highest BCUT2D eigenvalue weighted by atomic mass is 16.5. The maximum atomic E-state index is 12.4. The topological polar surface area (TPSA) is 46.8 Å². The number of carbonyl (C=O) groups is 1. The number of methoxy groups -OCH3 is 1. The minimum Gasteiger partial charge on any atom is -0.380 e. The zero-order chi connectivity index (χ0) is 18.0. The number of pyridine rings is 1. The molecule has 1 aromatic carbocycles. The van der Waals surface area contributed by atoms with E-state index in [2.05, 4.69) is 31.2 Å². The van der Waals surface area contributed by atoms with Crippen molar-refractivity contribution in [2.45, 2.75) is 20.0 Å². The Bertz CT molecular complexity index is 895. The molecular weight excluding hydrogens is 314 g/mol. The molecule has 0 unspecified atom stereocenters. The average Bonchev–Trinajstić information content (AvgIpc) is 2.94. The van der Waals surface area contributed by atoms with Gasteiger partial charge in [0.05, 0.1) is 24.4 Å².